The molecule has 8 nitrogen and oxygen atoms in total. The fourth-order valence-corrected chi connectivity index (χ4v) is 5.66. The number of methoxy groups -OCH3 is 1. The van der Waals surface area contributed by atoms with Crippen molar-refractivity contribution in [2.45, 2.75) is 18.4 Å². The highest BCUT2D eigenvalue weighted by molar-refractivity contribution is 5.96. The van der Waals surface area contributed by atoms with Crippen molar-refractivity contribution in [1.29, 1.82) is 5.26 Å². The minimum absolute atomic E-state index is 0.0600. The second-order valence-corrected chi connectivity index (χ2v) is 10.3. The summed E-state index contributed by atoms with van der Waals surface area (Å²) in [5.41, 5.74) is 6.09. The molecule has 4 aromatic rings. The van der Waals surface area contributed by atoms with Crippen LogP contribution in [0, 0.1) is 11.3 Å². The number of pyridine rings is 1. The Labute approximate surface area is 227 Å². The van der Waals surface area contributed by atoms with Gasteiger partial charge in [0.15, 0.2) is 5.58 Å². The summed E-state index contributed by atoms with van der Waals surface area (Å²) in [7, 11) is 5.00. The zero-order chi connectivity index (χ0) is 27.1. The van der Waals surface area contributed by atoms with Gasteiger partial charge in [0.05, 0.1) is 37.5 Å². The third kappa shape index (κ3) is 4.34. The number of carbonyl (C=O) groups is 1. The Morgan fingerprint density at radius 3 is 2.56 bits per heavy atom. The second kappa shape index (κ2) is 9.84. The van der Waals surface area contributed by atoms with Gasteiger partial charge in [0.1, 0.15) is 17.0 Å². The molecular weight excluding hydrogens is 492 g/mol. The average molecular weight is 523 g/mol. The summed E-state index contributed by atoms with van der Waals surface area (Å²) in [6.07, 6.45) is 3.87. The topological polar surface area (TPSA) is 91.8 Å². The van der Waals surface area contributed by atoms with Gasteiger partial charge in [-0.2, -0.15) is 5.26 Å². The lowest BCUT2D eigenvalue weighted by Crippen LogP contribution is -2.44. The molecule has 0 spiro atoms. The number of carbonyl (C=O) groups excluding carboxylic acids is 1. The highest BCUT2D eigenvalue weighted by atomic mass is 16.5. The molecule has 198 valence electrons. The number of aromatic nitrogens is 1. The Morgan fingerprint density at radius 1 is 1.08 bits per heavy atom. The lowest BCUT2D eigenvalue weighted by atomic mass is 9.93. The molecule has 8 heteroatoms. The standard InChI is InChI=1S/C31H30N4O4/c1-34(2)30(36)21-4-6-24(27(17-21)37-3)28-18-26-29(39-28)23(8-11-33-26)20-5-7-25(22(16-20)19-32)31(9-10-31)35-12-14-38-15-13-35/h4-8,11,16-18H,9-10,12-15H2,1-3H3. The van der Waals surface area contributed by atoms with Crippen LogP contribution in [0.15, 0.2) is 59.1 Å². The molecular formula is C31H30N4O4. The first-order valence-electron chi connectivity index (χ1n) is 13.1. The van der Waals surface area contributed by atoms with Gasteiger partial charge >= 0.3 is 0 Å². The van der Waals surface area contributed by atoms with E-state index in [-0.39, 0.29) is 11.4 Å². The van der Waals surface area contributed by atoms with E-state index in [9.17, 15) is 10.1 Å². The van der Waals surface area contributed by atoms with E-state index in [4.69, 9.17) is 13.9 Å². The van der Waals surface area contributed by atoms with Crippen LogP contribution < -0.4 is 4.74 Å². The first-order valence-corrected chi connectivity index (χ1v) is 13.1. The van der Waals surface area contributed by atoms with Crippen molar-refractivity contribution in [3.8, 4) is 34.3 Å². The van der Waals surface area contributed by atoms with E-state index in [1.54, 1.807) is 39.5 Å². The number of hydrogen-bond acceptors (Lipinski definition) is 7. The number of morpholine rings is 1. The van der Waals surface area contributed by atoms with E-state index in [1.807, 2.05) is 24.3 Å². The predicted octanol–water partition coefficient (Wildman–Crippen LogP) is 5.07. The largest absolute Gasteiger partial charge is 0.496 e. The Morgan fingerprint density at radius 2 is 1.87 bits per heavy atom. The monoisotopic (exact) mass is 522 g/mol. The van der Waals surface area contributed by atoms with Gasteiger partial charge in [-0.1, -0.05) is 12.1 Å². The maximum atomic E-state index is 12.4. The number of furan rings is 1. The smallest absolute Gasteiger partial charge is 0.253 e. The average Bonchev–Trinajstić information content (AvgIpc) is 3.67. The summed E-state index contributed by atoms with van der Waals surface area (Å²) >= 11 is 0. The van der Waals surface area contributed by atoms with Crippen molar-refractivity contribution in [2.24, 2.45) is 0 Å². The summed E-state index contributed by atoms with van der Waals surface area (Å²) in [5.74, 6) is 1.02. The third-order valence-corrected chi connectivity index (χ3v) is 7.82. The Kier molecular flexibility index (Phi) is 6.34. The van der Waals surface area contributed by atoms with Crippen molar-refractivity contribution >= 4 is 17.0 Å². The summed E-state index contributed by atoms with van der Waals surface area (Å²) in [6.45, 7) is 3.25. The number of rotatable bonds is 6. The molecule has 6 rings (SSSR count). The van der Waals surface area contributed by atoms with Crippen LogP contribution in [0.3, 0.4) is 0 Å². The van der Waals surface area contributed by atoms with Gasteiger partial charge in [-0.05, 0) is 54.3 Å². The van der Waals surface area contributed by atoms with E-state index in [0.29, 0.717) is 33.7 Å². The maximum absolute atomic E-state index is 12.4. The van der Waals surface area contributed by atoms with Crippen LogP contribution in [0.2, 0.25) is 0 Å². The molecule has 0 radical (unpaired) electrons. The Balaban J connectivity index is 1.38. The first kappa shape index (κ1) is 25.1. The van der Waals surface area contributed by atoms with Gasteiger partial charge in [-0.15, -0.1) is 0 Å². The molecule has 1 aliphatic heterocycles. The van der Waals surface area contributed by atoms with Gasteiger partial charge in [-0.25, -0.2) is 0 Å². The quantitative estimate of drug-likeness (QED) is 0.349. The van der Waals surface area contributed by atoms with Gasteiger partial charge in [0.2, 0.25) is 0 Å². The van der Waals surface area contributed by atoms with Crippen LogP contribution in [0.1, 0.15) is 34.3 Å². The van der Waals surface area contributed by atoms with Gasteiger partial charge in [0.25, 0.3) is 5.91 Å². The number of hydrogen-bond donors (Lipinski definition) is 0. The number of ether oxygens (including phenoxy) is 2. The van der Waals surface area contributed by atoms with E-state index in [1.165, 1.54) is 4.90 Å². The van der Waals surface area contributed by atoms with Crippen LogP contribution in [0.4, 0.5) is 0 Å². The molecule has 0 unspecified atom stereocenters. The minimum Gasteiger partial charge on any atom is -0.496 e. The highest BCUT2D eigenvalue weighted by Gasteiger charge is 2.50. The van der Waals surface area contributed by atoms with Crippen LogP contribution in [0.5, 0.6) is 5.75 Å². The van der Waals surface area contributed by atoms with E-state index in [2.05, 4.69) is 28.1 Å². The maximum Gasteiger partial charge on any atom is 0.253 e. The molecule has 2 fully saturated rings. The first-order chi connectivity index (χ1) is 18.9. The summed E-state index contributed by atoms with van der Waals surface area (Å²) < 4.78 is 17.5. The molecule has 0 N–H and O–H groups in total. The number of fused-ring (bicyclic) bond motifs is 1. The van der Waals surface area contributed by atoms with Crippen LogP contribution in [0.25, 0.3) is 33.6 Å². The molecule has 1 saturated heterocycles. The summed E-state index contributed by atoms with van der Waals surface area (Å²) in [5, 5.41) is 10.1. The molecule has 0 bridgehead atoms. The molecule has 0 atom stereocenters. The summed E-state index contributed by atoms with van der Waals surface area (Å²) in [6, 6.07) is 17.7. The fraction of sp³-hybridized carbons (Fsp3) is 0.323. The second-order valence-electron chi connectivity index (χ2n) is 10.3. The molecule has 2 aromatic heterocycles. The number of nitrogens with zero attached hydrogens (tertiary/aromatic N) is 4. The van der Waals surface area contributed by atoms with Gasteiger partial charge in [-0.3, -0.25) is 14.7 Å². The lowest BCUT2D eigenvalue weighted by Gasteiger charge is -2.35. The zero-order valence-corrected chi connectivity index (χ0v) is 22.4. The van der Waals surface area contributed by atoms with E-state index < -0.39 is 0 Å². The van der Waals surface area contributed by atoms with Crippen molar-refractivity contribution in [3.63, 3.8) is 0 Å². The van der Waals surface area contributed by atoms with E-state index >= 15 is 0 Å². The lowest BCUT2D eigenvalue weighted by molar-refractivity contribution is 0.00829. The fourth-order valence-electron chi connectivity index (χ4n) is 5.66. The molecule has 3 heterocycles. The molecule has 1 aliphatic carbocycles. The molecule has 2 aliphatic rings. The van der Waals surface area contributed by atoms with Gasteiger partial charge < -0.3 is 18.8 Å². The number of benzene rings is 2. The molecule has 1 saturated carbocycles. The van der Waals surface area contributed by atoms with Crippen LogP contribution in [-0.2, 0) is 10.3 Å². The third-order valence-electron chi connectivity index (χ3n) is 7.82. The normalized spacial score (nSPS) is 16.6. The molecule has 1 amide bonds. The van der Waals surface area contributed by atoms with Crippen LogP contribution >= 0.6 is 0 Å². The van der Waals surface area contributed by atoms with Gasteiger partial charge in [0, 0.05) is 56.1 Å². The zero-order valence-electron chi connectivity index (χ0n) is 22.4. The van der Waals surface area contributed by atoms with Crippen molar-refractivity contribution < 1.29 is 18.7 Å². The number of amides is 1. The van der Waals surface area contributed by atoms with Crippen molar-refractivity contribution in [1.82, 2.24) is 14.8 Å². The molecule has 39 heavy (non-hydrogen) atoms. The molecule has 2 aromatic carbocycles. The predicted molar refractivity (Wildman–Crippen MR) is 147 cm³/mol. The van der Waals surface area contributed by atoms with E-state index in [0.717, 1.165) is 61.4 Å². The minimum atomic E-state index is -0.105. The SMILES string of the molecule is COc1cc(C(=O)N(C)C)ccc1-c1cc2nccc(-c3ccc(C4(N5CCOCC5)CC4)c(C#N)c3)c2o1. The number of nitriles is 1. The summed E-state index contributed by atoms with van der Waals surface area (Å²) in [4.78, 5) is 21.0. The Hall–Kier alpha value is -4.19. The van der Waals surface area contributed by atoms with Crippen molar-refractivity contribution in [2.75, 3.05) is 47.5 Å². The Bertz CT molecular complexity index is 1610. The van der Waals surface area contributed by atoms with Crippen LogP contribution in [-0.4, -0.2) is 68.2 Å². The highest BCUT2D eigenvalue weighted by Crippen LogP contribution is 2.52. The van der Waals surface area contributed by atoms with Crippen molar-refractivity contribution in [3.05, 3.63) is 71.4 Å².